The lowest BCUT2D eigenvalue weighted by molar-refractivity contribution is 0.00376. The van der Waals surface area contributed by atoms with Gasteiger partial charge in [0, 0.05) is 16.5 Å². The number of halogens is 3. The molecule has 7 nitrogen and oxygen atoms in total. The summed E-state index contributed by atoms with van der Waals surface area (Å²) in [4.78, 5) is 0. The monoisotopic (exact) mass is 504 g/mol. The molecule has 2 unspecified atom stereocenters. The summed E-state index contributed by atoms with van der Waals surface area (Å²) < 4.78 is 78.3. The molecular weight excluding hydrogens is 490 g/mol. The normalized spacial score (nSPS) is 14.1. The molecule has 0 saturated heterocycles. The van der Waals surface area contributed by atoms with Crippen molar-refractivity contribution >= 4 is 38.2 Å². The molecule has 3 rings (SSSR count). The summed E-state index contributed by atoms with van der Waals surface area (Å²) in [5.74, 6) is 3.07. The lowest BCUT2D eigenvalue weighted by atomic mass is 10.2. The van der Waals surface area contributed by atoms with Crippen LogP contribution in [0.25, 0.3) is 0 Å². The lowest BCUT2D eigenvalue weighted by Gasteiger charge is -2.21. The number of benzene rings is 3. The minimum absolute atomic E-state index is 0.0118. The summed E-state index contributed by atoms with van der Waals surface area (Å²) in [5.41, 5.74) is 0.575. The molecule has 0 aliphatic heterocycles. The third-order valence-electron chi connectivity index (χ3n) is 3.69. The maximum absolute atomic E-state index is 13.1. The predicted octanol–water partition coefficient (Wildman–Crippen LogP) is 4.98. The van der Waals surface area contributed by atoms with Crippen LogP contribution in [0.3, 0.4) is 0 Å². The van der Waals surface area contributed by atoms with Crippen molar-refractivity contribution in [2.24, 2.45) is 0 Å². The van der Waals surface area contributed by atoms with Gasteiger partial charge >= 0.3 is 10.5 Å². The van der Waals surface area contributed by atoms with Gasteiger partial charge in [0.15, 0.2) is 0 Å². The molecule has 2 atom stereocenters. The van der Waals surface area contributed by atoms with Gasteiger partial charge in [0.2, 0.25) is 0 Å². The molecule has 0 radical (unpaired) electrons. The van der Waals surface area contributed by atoms with E-state index in [9.17, 15) is 20.4 Å². The maximum atomic E-state index is 13.1. The Morgan fingerprint density at radius 2 is 1.09 bits per heavy atom. The van der Waals surface area contributed by atoms with Crippen LogP contribution in [0.5, 0.6) is 23.0 Å². The van der Waals surface area contributed by atoms with Crippen LogP contribution in [0.2, 0.25) is 5.02 Å². The highest BCUT2D eigenvalue weighted by atomic mass is 35.5. The Morgan fingerprint density at radius 1 is 0.688 bits per heavy atom. The number of ether oxygens (including phenoxy) is 2. The Balaban J connectivity index is 1.80. The van der Waals surface area contributed by atoms with Crippen molar-refractivity contribution in [1.29, 1.82) is 0 Å². The number of rotatable bonds is 9. The SMILES string of the molecule is C=S(=O)(F)Oc1ccc(OC(Oc2ccc(OS(=O)(=O)F)cc2)c2ccc(Cl)cc2)cc1. The lowest BCUT2D eigenvalue weighted by Crippen LogP contribution is -2.15. The molecule has 0 fully saturated rings. The third kappa shape index (κ3) is 7.59. The van der Waals surface area contributed by atoms with E-state index < -0.39 is 27.0 Å². The van der Waals surface area contributed by atoms with E-state index in [1.54, 1.807) is 24.3 Å². The highest BCUT2D eigenvalue weighted by Gasteiger charge is 2.17. The van der Waals surface area contributed by atoms with E-state index in [2.05, 4.69) is 14.2 Å². The standard InChI is InChI=1S/C20H15ClF2O7S2/c1-31(22,24)29-18-10-6-16(7-11-18)27-20(14-2-4-15(21)5-3-14)28-17-8-12-19(13-9-17)30-32(23,25)26/h2-13,20H,1H2. The van der Waals surface area contributed by atoms with Gasteiger partial charge in [-0.05, 0) is 60.7 Å². The van der Waals surface area contributed by atoms with Crippen molar-refractivity contribution in [3.05, 3.63) is 83.4 Å². The van der Waals surface area contributed by atoms with Crippen LogP contribution in [0.4, 0.5) is 7.77 Å². The van der Waals surface area contributed by atoms with Crippen LogP contribution in [-0.2, 0) is 20.7 Å². The molecule has 32 heavy (non-hydrogen) atoms. The van der Waals surface area contributed by atoms with Crippen molar-refractivity contribution in [3.8, 4) is 23.0 Å². The van der Waals surface area contributed by atoms with Gasteiger partial charge < -0.3 is 17.8 Å². The molecule has 170 valence electrons. The average molecular weight is 505 g/mol. The van der Waals surface area contributed by atoms with Crippen molar-refractivity contribution in [2.45, 2.75) is 6.29 Å². The fraction of sp³-hybridized carbons (Fsp3) is 0.0500. The third-order valence-corrected chi connectivity index (χ3v) is 4.78. The zero-order valence-electron chi connectivity index (χ0n) is 16.0. The molecule has 0 aromatic heterocycles. The van der Waals surface area contributed by atoms with Gasteiger partial charge in [-0.25, -0.2) is 0 Å². The highest BCUT2D eigenvalue weighted by Crippen LogP contribution is 2.29. The van der Waals surface area contributed by atoms with Crippen LogP contribution in [0, 0.1) is 0 Å². The first kappa shape index (κ1) is 23.6. The molecule has 3 aromatic carbocycles. The smallest absolute Gasteiger partial charge is 0.451 e. The van der Waals surface area contributed by atoms with Crippen LogP contribution in [0.1, 0.15) is 11.9 Å². The van der Waals surface area contributed by atoms with Crippen molar-refractivity contribution in [1.82, 2.24) is 0 Å². The minimum Gasteiger partial charge on any atom is -0.451 e. The van der Waals surface area contributed by atoms with E-state index in [1.165, 1.54) is 48.5 Å². The van der Waals surface area contributed by atoms with E-state index in [0.717, 1.165) is 0 Å². The van der Waals surface area contributed by atoms with Gasteiger partial charge in [-0.1, -0.05) is 27.6 Å². The molecule has 0 bridgehead atoms. The topological polar surface area (TPSA) is 88.1 Å². The van der Waals surface area contributed by atoms with Crippen molar-refractivity contribution in [3.63, 3.8) is 0 Å². The van der Waals surface area contributed by atoms with E-state index in [0.29, 0.717) is 16.3 Å². The molecule has 0 spiro atoms. The summed E-state index contributed by atoms with van der Waals surface area (Å²) in [7, 11) is -9.31. The molecule has 12 heteroatoms. The predicted molar refractivity (Wildman–Crippen MR) is 116 cm³/mol. The number of hydrogen-bond acceptors (Lipinski definition) is 7. The second-order valence-electron chi connectivity index (χ2n) is 6.16. The Morgan fingerprint density at radius 3 is 1.50 bits per heavy atom. The first-order valence-electron chi connectivity index (χ1n) is 8.66. The molecular formula is C20H15ClF2O7S2. The van der Waals surface area contributed by atoms with E-state index in [-0.39, 0.29) is 17.2 Å². The highest BCUT2D eigenvalue weighted by molar-refractivity contribution is 7.91. The second-order valence-corrected chi connectivity index (χ2v) is 8.79. The molecule has 3 aromatic rings. The summed E-state index contributed by atoms with van der Waals surface area (Å²) in [6, 6.07) is 17.2. The van der Waals surface area contributed by atoms with Crippen LogP contribution >= 0.6 is 11.6 Å². The fourth-order valence-corrected chi connectivity index (χ4v) is 3.30. The fourth-order valence-electron chi connectivity index (χ4n) is 2.43. The van der Waals surface area contributed by atoms with Crippen LogP contribution < -0.4 is 17.8 Å². The average Bonchev–Trinajstić information content (AvgIpc) is 2.69. The largest absolute Gasteiger partial charge is 0.488 e. The molecule has 0 heterocycles. The summed E-state index contributed by atoms with van der Waals surface area (Å²) in [6.07, 6.45) is -0.992. The molecule has 0 amide bonds. The first-order chi connectivity index (χ1) is 15.0. The first-order valence-corrected chi connectivity index (χ1v) is 11.9. The van der Waals surface area contributed by atoms with E-state index in [1.807, 2.05) is 0 Å². The Bertz CT molecular complexity index is 1180. The maximum Gasteiger partial charge on any atom is 0.488 e. The van der Waals surface area contributed by atoms with Gasteiger partial charge in [-0.3, -0.25) is 0 Å². The number of hydrogen-bond donors (Lipinski definition) is 0. The van der Waals surface area contributed by atoms with Crippen LogP contribution in [-0.4, -0.2) is 18.5 Å². The minimum atomic E-state index is -5.15. The second kappa shape index (κ2) is 9.63. The van der Waals surface area contributed by atoms with Crippen molar-refractivity contribution in [2.75, 3.05) is 0 Å². The van der Waals surface area contributed by atoms with Gasteiger partial charge in [0.1, 0.15) is 23.0 Å². The summed E-state index contributed by atoms with van der Waals surface area (Å²) in [6.45, 7) is 0. The Hall–Kier alpha value is -3.02. The van der Waals surface area contributed by atoms with E-state index >= 15 is 0 Å². The Kier molecular flexibility index (Phi) is 7.12. The zero-order chi connectivity index (χ0) is 23.4. The molecule has 0 N–H and O–H groups in total. The van der Waals surface area contributed by atoms with E-state index in [4.69, 9.17) is 21.1 Å². The van der Waals surface area contributed by atoms with Gasteiger partial charge in [-0.15, -0.1) is 3.89 Å². The van der Waals surface area contributed by atoms with Gasteiger partial charge in [-0.2, -0.15) is 12.6 Å². The summed E-state index contributed by atoms with van der Waals surface area (Å²) in [5, 5.41) is 0.492. The van der Waals surface area contributed by atoms with Crippen LogP contribution in [0.15, 0.2) is 72.8 Å². The molecule has 0 aliphatic carbocycles. The zero-order valence-corrected chi connectivity index (χ0v) is 18.4. The van der Waals surface area contributed by atoms with Gasteiger partial charge in [0.05, 0.1) is 0 Å². The summed E-state index contributed by atoms with van der Waals surface area (Å²) >= 11 is 5.93. The molecule has 0 saturated carbocycles. The van der Waals surface area contributed by atoms with Gasteiger partial charge in [0.25, 0.3) is 16.5 Å². The Labute approximate surface area is 189 Å². The van der Waals surface area contributed by atoms with Crippen molar-refractivity contribution < 1.29 is 38.2 Å². The quantitative estimate of drug-likeness (QED) is 0.230. The molecule has 0 aliphatic rings.